The first-order valence-corrected chi connectivity index (χ1v) is 6.83. The van der Waals surface area contributed by atoms with E-state index in [1.165, 1.54) is 16.2 Å². The molecule has 1 amide bonds. The van der Waals surface area contributed by atoms with E-state index in [0.717, 1.165) is 10.2 Å². The summed E-state index contributed by atoms with van der Waals surface area (Å²) < 4.78 is 19.6. The van der Waals surface area contributed by atoms with Crippen molar-refractivity contribution < 1.29 is 13.9 Å². The van der Waals surface area contributed by atoms with Gasteiger partial charge < -0.3 is 9.64 Å². The zero-order valence-corrected chi connectivity index (χ0v) is 11.2. The topological polar surface area (TPSA) is 42.4 Å². The molecule has 19 heavy (non-hydrogen) atoms. The number of alkyl halides is 1. The van der Waals surface area contributed by atoms with Gasteiger partial charge in [0.2, 0.25) is 0 Å². The monoisotopic (exact) mass is 280 g/mol. The van der Waals surface area contributed by atoms with E-state index in [9.17, 15) is 9.18 Å². The number of ether oxygens (including phenoxy) is 1. The van der Waals surface area contributed by atoms with Gasteiger partial charge >= 0.3 is 0 Å². The fourth-order valence-corrected chi connectivity index (χ4v) is 3.08. The van der Waals surface area contributed by atoms with Gasteiger partial charge in [-0.1, -0.05) is 12.1 Å². The molecule has 0 saturated carbocycles. The van der Waals surface area contributed by atoms with Crippen LogP contribution in [0.1, 0.15) is 9.80 Å². The van der Waals surface area contributed by atoms with Crippen molar-refractivity contribution >= 4 is 27.5 Å². The van der Waals surface area contributed by atoms with E-state index >= 15 is 0 Å². The lowest BCUT2D eigenvalue weighted by Crippen LogP contribution is -2.42. The molecule has 0 spiro atoms. The number of thiazole rings is 1. The van der Waals surface area contributed by atoms with Crippen molar-refractivity contribution in [3.63, 3.8) is 0 Å². The Kier molecular flexibility index (Phi) is 3.20. The van der Waals surface area contributed by atoms with Crippen LogP contribution in [0.25, 0.3) is 10.2 Å². The molecule has 0 unspecified atom stereocenters. The molecule has 0 bridgehead atoms. The molecule has 1 aromatic heterocycles. The van der Waals surface area contributed by atoms with Gasteiger partial charge in [-0.2, -0.15) is 0 Å². The maximum absolute atomic E-state index is 13.6. The minimum atomic E-state index is -1.12. The number of aromatic nitrogens is 1. The average molecular weight is 280 g/mol. The molecule has 1 saturated heterocycles. The van der Waals surface area contributed by atoms with Crippen molar-refractivity contribution in [1.29, 1.82) is 0 Å². The second-order valence-corrected chi connectivity index (χ2v) is 5.55. The molecule has 1 fully saturated rings. The second kappa shape index (κ2) is 4.86. The Bertz CT molecular complexity index is 582. The molecular weight excluding hydrogens is 267 g/mol. The highest BCUT2D eigenvalue weighted by Gasteiger charge is 2.34. The number of fused-ring (bicyclic) bond motifs is 1. The van der Waals surface area contributed by atoms with Crippen molar-refractivity contribution in [2.75, 3.05) is 20.3 Å². The molecule has 100 valence electrons. The zero-order valence-electron chi connectivity index (χ0n) is 10.4. The number of nitrogens with zero attached hydrogens (tertiary/aromatic N) is 2. The number of likely N-dealkylation sites (N-methyl/N-ethyl adjacent to an activating group) is 1. The van der Waals surface area contributed by atoms with Crippen molar-refractivity contribution in [1.82, 2.24) is 9.88 Å². The van der Waals surface area contributed by atoms with E-state index in [2.05, 4.69) is 4.98 Å². The molecule has 1 aliphatic heterocycles. The van der Waals surface area contributed by atoms with Crippen LogP contribution in [0.5, 0.6) is 0 Å². The molecule has 2 aromatic rings. The summed E-state index contributed by atoms with van der Waals surface area (Å²) in [5, 5.41) is 0.391. The van der Waals surface area contributed by atoms with Crippen molar-refractivity contribution in [3.8, 4) is 0 Å². The van der Waals surface area contributed by atoms with E-state index in [1.807, 2.05) is 24.3 Å². The van der Waals surface area contributed by atoms with Crippen molar-refractivity contribution in [2.45, 2.75) is 12.2 Å². The quantitative estimate of drug-likeness (QED) is 0.846. The third-order valence-corrected chi connectivity index (χ3v) is 4.30. The Balaban J connectivity index is 1.86. The fourth-order valence-electron chi connectivity index (χ4n) is 2.14. The van der Waals surface area contributed by atoms with Crippen LogP contribution in [0.4, 0.5) is 4.39 Å². The van der Waals surface area contributed by atoms with Gasteiger partial charge in [0.15, 0.2) is 5.01 Å². The number of para-hydroxylation sites is 1. The van der Waals surface area contributed by atoms with E-state index in [1.54, 1.807) is 7.05 Å². The summed E-state index contributed by atoms with van der Waals surface area (Å²) in [5.41, 5.74) is 0.795. The Labute approximate surface area is 113 Å². The first-order chi connectivity index (χ1) is 9.16. The fraction of sp³-hybridized carbons (Fsp3) is 0.385. The Hall–Kier alpha value is -1.53. The van der Waals surface area contributed by atoms with E-state index < -0.39 is 12.2 Å². The predicted molar refractivity (Wildman–Crippen MR) is 71.2 cm³/mol. The number of halogens is 1. The van der Waals surface area contributed by atoms with Gasteiger partial charge in [-0.05, 0) is 12.1 Å². The second-order valence-electron chi connectivity index (χ2n) is 4.52. The molecule has 0 N–H and O–H groups in total. The summed E-state index contributed by atoms with van der Waals surface area (Å²) in [6.07, 6.45) is -1.12. The van der Waals surface area contributed by atoms with Crippen molar-refractivity contribution in [2.24, 2.45) is 0 Å². The number of benzene rings is 1. The minimum absolute atomic E-state index is 0.0577. The maximum Gasteiger partial charge on any atom is 0.283 e. The summed E-state index contributed by atoms with van der Waals surface area (Å²) in [5.74, 6) is -0.251. The Morgan fingerprint density at radius 2 is 2.26 bits per heavy atom. The highest BCUT2D eigenvalue weighted by Crippen LogP contribution is 2.24. The third kappa shape index (κ3) is 2.21. The molecule has 6 heteroatoms. The molecule has 2 atom stereocenters. The molecular formula is C13H13FN2O2S. The SMILES string of the molecule is CN(C(=O)c1nc2ccccc2s1)[C@@H]1COC[C@H]1F. The van der Waals surface area contributed by atoms with E-state index in [-0.39, 0.29) is 19.1 Å². The van der Waals surface area contributed by atoms with Gasteiger partial charge in [-0.15, -0.1) is 11.3 Å². The highest BCUT2D eigenvalue weighted by atomic mass is 32.1. The summed E-state index contributed by atoms with van der Waals surface area (Å²) in [6, 6.07) is 7.04. The maximum atomic E-state index is 13.6. The number of carbonyl (C=O) groups is 1. The van der Waals surface area contributed by atoms with Crippen LogP contribution < -0.4 is 0 Å². The molecule has 0 radical (unpaired) electrons. The molecule has 3 rings (SSSR count). The summed E-state index contributed by atoms with van der Waals surface area (Å²) in [4.78, 5) is 18.0. The molecule has 1 aromatic carbocycles. The molecule has 0 aliphatic carbocycles. The van der Waals surface area contributed by atoms with Crippen LogP contribution in [0, 0.1) is 0 Å². The Morgan fingerprint density at radius 1 is 1.47 bits per heavy atom. The number of rotatable bonds is 2. The lowest BCUT2D eigenvalue weighted by Gasteiger charge is -2.23. The Morgan fingerprint density at radius 3 is 2.95 bits per heavy atom. The first-order valence-electron chi connectivity index (χ1n) is 6.01. The van der Waals surface area contributed by atoms with Gasteiger partial charge in [0, 0.05) is 7.05 Å². The standard InChI is InChI=1S/C13H13FN2O2S/c1-16(10-7-18-6-8(10)14)13(17)12-15-9-4-2-3-5-11(9)19-12/h2-5,8,10H,6-7H2,1H3/t8-,10-/m1/s1. The lowest BCUT2D eigenvalue weighted by molar-refractivity contribution is 0.0672. The number of hydrogen-bond donors (Lipinski definition) is 0. The van der Waals surface area contributed by atoms with Gasteiger partial charge in [-0.25, -0.2) is 9.37 Å². The summed E-state index contributed by atoms with van der Waals surface area (Å²) in [6.45, 7) is 0.302. The van der Waals surface area contributed by atoms with E-state index in [0.29, 0.717) is 5.01 Å². The van der Waals surface area contributed by atoms with Crippen LogP contribution in [-0.2, 0) is 4.74 Å². The van der Waals surface area contributed by atoms with Crippen LogP contribution >= 0.6 is 11.3 Å². The largest absolute Gasteiger partial charge is 0.376 e. The van der Waals surface area contributed by atoms with Gasteiger partial charge in [-0.3, -0.25) is 4.79 Å². The van der Waals surface area contributed by atoms with Gasteiger partial charge in [0.05, 0.1) is 29.5 Å². The predicted octanol–water partition coefficient (Wildman–Crippen LogP) is 2.11. The zero-order chi connectivity index (χ0) is 13.4. The van der Waals surface area contributed by atoms with Gasteiger partial charge in [0.1, 0.15) is 6.17 Å². The smallest absolute Gasteiger partial charge is 0.283 e. The number of hydrogen-bond acceptors (Lipinski definition) is 4. The van der Waals surface area contributed by atoms with E-state index in [4.69, 9.17) is 4.74 Å². The lowest BCUT2D eigenvalue weighted by atomic mass is 10.2. The molecule has 2 heterocycles. The highest BCUT2D eigenvalue weighted by molar-refractivity contribution is 7.20. The third-order valence-electron chi connectivity index (χ3n) is 3.28. The van der Waals surface area contributed by atoms with Crippen LogP contribution in [0.3, 0.4) is 0 Å². The number of amides is 1. The molecule has 1 aliphatic rings. The first kappa shape index (κ1) is 12.5. The summed E-state index contributed by atoms with van der Waals surface area (Å²) in [7, 11) is 1.60. The average Bonchev–Trinajstić information content (AvgIpc) is 3.02. The molecule has 4 nitrogen and oxygen atoms in total. The van der Waals surface area contributed by atoms with Crippen LogP contribution in [0.2, 0.25) is 0 Å². The number of carbonyl (C=O) groups excluding carboxylic acids is 1. The minimum Gasteiger partial charge on any atom is -0.376 e. The summed E-state index contributed by atoms with van der Waals surface area (Å²) >= 11 is 1.33. The van der Waals surface area contributed by atoms with Crippen molar-refractivity contribution in [3.05, 3.63) is 29.3 Å². The van der Waals surface area contributed by atoms with Crippen LogP contribution in [0.15, 0.2) is 24.3 Å². The van der Waals surface area contributed by atoms with Gasteiger partial charge in [0.25, 0.3) is 5.91 Å². The van der Waals surface area contributed by atoms with Crippen LogP contribution in [-0.4, -0.2) is 48.3 Å². The normalized spacial score (nSPS) is 22.8.